The highest BCUT2D eigenvalue weighted by Crippen LogP contribution is 2.27. The smallest absolute Gasteiger partial charge is 0.270 e. The number of non-ortho nitro benzene ring substituents is 1. The molecule has 1 unspecified atom stereocenters. The van der Waals surface area contributed by atoms with Gasteiger partial charge in [0, 0.05) is 41.5 Å². The van der Waals surface area contributed by atoms with Crippen LogP contribution in [0.3, 0.4) is 0 Å². The molecular weight excluding hydrogens is 493 g/mol. The first-order chi connectivity index (χ1) is 16.7. The Balaban J connectivity index is 1.75. The van der Waals surface area contributed by atoms with Crippen molar-refractivity contribution in [1.82, 2.24) is 10.7 Å². The molecule has 186 valence electrons. The van der Waals surface area contributed by atoms with E-state index in [2.05, 4.69) is 20.7 Å². The number of halogens is 2. The zero-order chi connectivity index (χ0) is 25.5. The summed E-state index contributed by atoms with van der Waals surface area (Å²) in [5.41, 5.74) is 3.92. The van der Waals surface area contributed by atoms with E-state index < -0.39 is 22.8 Å². The standard InChI is InChI=1S/C24H27Cl2N5O4/c1-15(2)22(28-23(32)19-8-6-17(25)13-20(19)26)24(33)29-27-14-16-12-18(31(34)35)7-9-21(16)30-10-4-3-5-11-30/h6-9,12-15,22H,3-5,10-11H2,1-2H3,(H,28,32)(H,29,33). The molecule has 1 atom stereocenters. The number of nitro benzene ring substituents is 1. The van der Waals surface area contributed by atoms with Gasteiger partial charge in [-0.25, -0.2) is 5.43 Å². The largest absolute Gasteiger partial charge is 0.371 e. The van der Waals surface area contributed by atoms with E-state index in [1.807, 2.05) is 0 Å². The lowest BCUT2D eigenvalue weighted by Gasteiger charge is -2.29. The Bertz CT molecular complexity index is 1130. The van der Waals surface area contributed by atoms with Gasteiger partial charge in [0.25, 0.3) is 17.5 Å². The maximum Gasteiger partial charge on any atom is 0.270 e. The molecule has 2 aromatic carbocycles. The summed E-state index contributed by atoms with van der Waals surface area (Å²) in [5, 5.41) is 18.6. The van der Waals surface area contributed by atoms with Crippen LogP contribution in [0, 0.1) is 16.0 Å². The van der Waals surface area contributed by atoms with Gasteiger partial charge in [-0.15, -0.1) is 0 Å². The summed E-state index contributed by atoms with van der Waals surface area (Å²) in [6.45, 7) is 5.26. The maximum absolute atomic E-state index is 12.8. The second kappa shape index (κ2) is 12.0. The van der Waals surface area contributed by atoms with E-state index >= 15 is 0 Å². The van der Waals surface area contributed by atoms with Crippen LogP contribution in [-0.4, -0.2) is 42.1 Å². The molecule has 1 heterocycles. The predicted octanol–water partition coefficient (Wildman–Crippen LogP) is 4.80. The number of anilines is 1. The Morgan fingerprint density at radius 3 is 2.46 bits per heavy atom. The molecule has 2 N–H and O–H groups in total. The maximum atomic E-state index is 12.8. The van der Waals surface area contributed by atoms with Crippen molar-refractivity contribution in [1.29, 1.82) is 0 Å². The van der Waals surface area contributed by atoms with Crippen LogP contribution in [-0.2, 0) is 4.79 Å². The van der Waals surface area contributed by atoms with E-state index in [1.54, 1.807) is 19.9 Å². The lowest BCUT2D eigenvalue weighted by Crippen LogP contribution is -2.48. The first kappa shape index (κ1) is 26.4. The number of hydrogen-bond acceptors (Lipinski definition) is 6. The molecule has 0 spiro atoms. The van der Waals surface area contributed by atoms with Crippen molar-refractivity contribution in [3.8, 4) is 0 Å². The van der Waals surface area contributed by atoms with Gasteiger partial charge in [0.05, 0.1) is 21.7 Å². The number of benzene rings is 2. The molecule has 1 aliphatic heterocycles. The fourth-order valence-corrected chi connectivity index (χ4v) is 4.34. The predicted molar refractivity (Wildman–Crippen MR) is 137 cm³/mol. The summed E-state index contributed by atoms with van der Waals surface area (Å²) in [4.78, 5) is 38.5. The summed E-state index contributed by atoms with van der Waals surface area (Å²) in [6.07, 6.45) is 4.62. The van der Waals surface area contributed by atoms with Crippen LogP contribution in [0.5, 0.6) is 0 Å². The Morgan fingerprint density at radius 2 is 1.83 bits per heavy atom. The first-order valence-electron chi connectivity index (χ1n) is 11.3. The summed E-state index contributed by atoms with van der Waals surface area (Å²) >= 11 is 12.0. The number of carbonyl (C=O) groups excluding carboxylic acids is 2. The molecule has 2 amide bonds. The first-order valence-corrected chi connectivity index (χ1v) is 12.0. The van der Waals surface area contributed by atoms with Crippen molar-refractivity contribution in [2.45, 2.75) is 39.2 Å². The Morgan fingerprint density at radius 1 is 1.11 bits per heavy atom. The van der Waals surface area contributed by atoms with E-state index in [1.165, 1.54) is 36.5 Å². The van der Waals surface area contributed by atoms with Crippen LogP contribution in [0.15, 0.2) is 41.5 Å². The molecule has 0 saturated carbocycles. The molecule has 0 radical (unpaired) electrons. The van der Waals surface area contributed by atoms with E-state index in [0.717, 1.165) is 38.0 Å². The van der Waals surface area contributed by atoms with E-state index in [-0.39, 0.29) is 22.2 Å². The lowest BCUT2D eigenvalue weighted by molar-refractivity contribution is -0.384. The SMILES string of the molecule is CC(C)C(NC(=O)c1ccc(Cl)cc1Cl)C(=O)NN=Cc1cc([N+](=O)[O-])ccc1N1CCCCC1. The number of hydrazone groups is 1. The number of rotatable bonds is 8. The van der Waals surface area contributed by atoms with Crippen molar-refractivity contribution in [3.05, 3.63) is 67.7 Å². The molecule has 1 saturated heterocycles. The van der Waals surface area contributed by atoms with Crippen LogP contribution < -0.4 is 15.6 Å². The molecule has 35 heavy (non-hydrogen) atoms. The van der Waals surface area contributed by atoms with E-state index in [0.29, 0.717) is 10.6 Å². The number of nitro groups is 1. The molecule has 0 bridgehead atoms. The van der Waals surface area contributed by atoms with Crippen LogP contribution in [0.25, 0.3) is 0 Å². The van der Waals surface area contributed by atoms with Gasteiger partial charge >= 0.3 is 0 Å². The van der Waals surface area contributed by atoms with Gasteiger partial charge in [0.15, 0.2) is 0 Å². The Kier molecular flexibility index (Phi) is 9.06. The number of amides is 2. The topological polar surface area (TPSA) is 117 Å². The van der Waals surface area contributed by atoms with E-state index in [4.69, 9.17) is 23.2 Å². The normalized spacial score (nSPS) is 14.7. The number of carbonyl (C=O) groups is 2. The van der Waals surface area contributed by atoms with Crippen molar-refractivity contribution >= 4 is 52.6 Å². The zero-order valence-corrected chi connectivity index (χ0v) is 21.0. The third kappa shape index (κ3) is 6.93. The summed E-state index contributed by atoms with van der Waals surface area (Å²) in [7, 11) is 0. The average molecular weight is 520 g/mol. The highest BCUT2D eigenvalue weighted by atomic mass is 35.5. The van der Waals surface area contributed by atoms with Crippen LogP contribution in [0.4, 0.5) is 11.4 Å². The minimum Gasteiger partial charge on any atom is -0.371 e. The molecule has 0 aromatic heterocycles. The van der Waals surface area contributed by atoms with Gasteiger partial charge in [0.1, 0.15) is 6.04 Å². The average Bonchev–Trinajstić information content (AvgIpc) is 2.82. The molecule has 3 rings (SSSR count). The van der Waals surface area contributed by atoms with Gasteiger partial charge in [-0.3, -0.25) is 19.7 Å². The van der Waals surface area contributed by atoms with Gasteiger partial charge in [-0.2, -0.15) is 5.10 Å². The van der Waals surface area contributed by atoms with Crippen LogP contribution >= 0.6 is 23.2 Å². The van der Waals surface area contributed by atoms with Crippen LogP contribution in [0.2, 0.25) is 10.0 Å². The summed E-state index contributed by atoms with van der Waals surface area (Å²) in [6, 6.07) is 8.19. The number of piperidine rings is 1. The fourth-order valence-electron chi connectivity index (χ4n) is 3.84. The zero-order valence-electron chi connectivity index (χ0n) is 19.5. The molecule has 1 fully saturated rings. The monoisotopic (exact) mass is 519 g/mol. The second-order valence-corrected chi connectivity index (χ2v) is 9.45. The number of nitrogens with zero attached hydrogens (tertiary/aromatic N) is 3. The summed E-state index contributed by atoms with van der Waals surface area (Å²) in [5.74, 6) is -1.29. The third-order valence-electron chi connectivity index (χ3n) is 5.71. The molecule has 2 aromatic rings. The second-order valence-electron chi connectivity index (χ2n) is 8.60. The van der Waals surface area contributed by atoms with Crippen molar-refractivity contribution in [2.75, 3.05) is 18.0 Å². The number of hydrogen-bond donors (Lipinski definition) is 2. The summed E-state index contributed by atoms with van der Waals surface area (Å²) < 4.78 is 0. The quantitative estimate of drug-likeness (QED) is 0.295. The molecule has 9 nitrogen and oxygen atoms in total. The molecule has 0 aliphatic carbocycles. The molecule has 11 heteroatoms. The molecule has 1 aliphatic rings. The minimum absolute atomic E-state index is 0.0642. The van der Waals surface area contributed by atoms with E-state index in [9.17, 15) is 19.7 Å². The highest BCUT2D eigenvalue weighted by Gasteiger charge is 2.25. The third-order valence-corrected chi connectivity index (χ3v) is 6.26. The van der Waals surface area contributed by atoms with Gasteiger partial charge in [-0.05, 0) is 49.4 Å². The van der Waals surface area contributed by atoms with Gasteiger partial charge in [-0.1, -0.05) is 37.0 Å². The Labute approximate surface area is 213 Å². The highest BCUT2D eigenvalue weighted by molar-refractivity contribution is 6.36. The minimum atomic E-state index is -0.891. The van der Waals surface area contributed by atoms with Crippen LogP contribution in [0.1, 0.15) is 49.0 Å². The molecular formula is C24H27Cl2N5O4. The van der Waals surface area contributed by atoms with Crippen molar-refractivity contribution in [3.63, 3.8) is 0 Å². The van der Waals surface area contributed by atoms with Gasteiger partial charge in [0.2, 0.25) is 0 Å². The lowest BCUT2D eigenvalue weighted by atomic mass is 10.0. The number of nitrogens with one attached hydrogen (secondary N) is 2. The fraction of sp³-hybridized carbons (Fsp3) is 0.375. The van der Waals surface area contributed by atoms with Crippen molar-refractivity contribution < 1.29 is 14.5 Å². The van der Waals surface area contributed by atoms with Crippen molar-refractivity contribution in [2.24, 2.45) is 11.0 Å². The Hall–Kier alpha value is -3.17. The van der Waals surface area contributed by atoms with Gasteiger partial charge < -0.3 is 10.2 Å².